The van der Waals surface area contributed by atoms with Gasteiger partial charge in [0.15, 0.2) is 0 Å². The molecule has 11 heavy (non-hydrogen) atoms. The summed E-state index contributed by atoms with van der Waals surface area (Å²) in [6.07, 6.45) is 3.36. The molecule has 0 aliphatic carbocycles. The maximum atomic E-state index is 10.5. The van der Waals surface area contributed by atoms with E-state index in [1.807, 2.05) is 0 Å². The predicted molar refractivity (Wildman–Crippen MR) is 44.6 cm³/mol. The molecule has 0 aliphatic rings. The van der Waals surface area contributed by atoms with Gasteiger partial charge < -0.3 is 4.52 Å². The molecule has 0 aromatic heterocycles. The molecule has 1 unspecified atom stereocenters. The van der Waals surface area contributed by atoms with Gasteiger partial charge in [-0.05, 0) is 6.42 Å². The lowest BCUT2D eigenvalue weighted by Crippen LogP contribution is -2.11. The summed E-state index contributed by atoms with van der Waals surface area (Å²) in [6, 6.07) is 0. The molecule has 0 rings (SSSR count). The van der Waals surface area contributed by atoms with E-state index in [0.717, 1.165) is 19.4 Å². The Kier molecular flexibility index (Phi) is 8.29. The zero-order valence-corrected chi connectivity index (χ0v) is 8.05. The van der Waals surface area contributed by atoms with E-state index < -0.39 is 8.25 Å². The highest BCUT2D eigenvalue weighted by atomic mass is 31.1. The van der Waals surface area contributed by atoms with E-state index in [1.54, 1.807) is 0 Å². The van der Waals surface area contributed by atoms with Crippen LogP contribution >= 0.6 is 8.25 Å². The summed E-state index contributed by atoms with van der Waals surface area (Å²) in [7, 11) is -0.921. The fraction of sp³-hybridized carbons (Fsp3) is 1.00. The largest absolute Gasteiger partial charge is 0.335 e. The van der Waals surface area contributed by atoms with Gasteiger partial charge >= 0.3 is 8.25 Å². The molecule has 0 heterocycles. The maximum absolute atomic E-state index is 10.5. The second-order valence-corrected chi connectivity index (χ2v) is 3.27. The van der Waals surface area contributed by atoms with Crippen LogP contribution in [-0.2, 0) is 13.7 Å². The van der Waals surface area contributed by atoms with Crippen molar-refractivity contribution in [2.75, 3.05) is 13.7 Å². The fourth-order valence-electron chi connectivity index (χ4n) is 0.599. The summed E-state index contributed by atoms with van der Waals surface area (Å²) in [6.45, 7) is 2.85. The van der Waals surface area contributed by atoms with Crippen molar-refractivity contribution in [1.82, 2.24) is 5.48 Å². The van der Waals surface area contributed by atoms with Gasteiger partial charge in [0.1, 0.15) is 0 Å². The van der Waals surface area contributed by atoms with Gasteiger partial charge in [-0.3, -0.25) is 4.57 Å². The molecular formula is C6H16NO3P. The lowest BCUT2D eigenvalue weighted by molar-refractivity contribution is 0.168. The number of hydroxylamine groups is 1. The molecule has 0 saturated carbocycles. The smallest absolute Gasteiger partial charge is 0.313 e. The van der Waals surface area contributed by atoms with Gasteiger partial charge in [-0.2, -0.15) is 5.48 Å². The average Bonchev–Trinajstić information content (AvgIpc) is 2.04. The Morgan fingerprint density at radius 1 is 1.45 bits per heavy atom. The van der Waals surface area contributed by atoms with E-state index in [-0.39, 0.29) is 0 Å². The summed E-state index contributed by atoms with van der Waals surface area (Å²) in [5.41, 5.74) is 2.58. The van der Waals surface area contributed by atoms with Crippen molar-refractivity contribution in [3.8, 4) is 0 Å². The Bertz CT molecular complexity index is 110. The van der Waals surface area contributed by atoms with Crippen LogP contribution in [0, 0.1) is 0 Å². The zero-order chi connectivity index (χ0) is 8.53. The van der Waals surface area contributed by atoms with Crippen molar-refractivity contribution in [2.45, 2.75) is 26.2 Å². The van der Waals surface area contributed by atoms with Crippen LogP contribution in [0.1, 0.15) is 26.2 Å². The van der Waals surface area contributed by atoms with E-state index in [0.29, 0.717) is 0 Å². The second kappa shape index (κ2) is 8.21. The molecule has 1 atom stereocenters. The zero-order valence-electron chi connectivity index (χ0n) is 7.05. The van der Waals surface area contributed by atoms with Crippen LogP contribution in [0.15, 0.2) is 0 Å². The summed E-state index contributed by atoms with van der Waals surface area (Å²) < 4.78 is 19.6. The van der Waals surface area contributed by atoms with Gasteiger partial charge in [0.2, 0.25) is 0 Å². The molecule has 0 aromatic rings. The fourth-order valence-corrected chi connectivity index (χ4v) is 0.902. The first-order chi connectivity index (χ1) is 5.31. The lowest BCUT2D eigenvalue weighted by Gasteiger charge is -2.02. The molecule has 1 N–H and O–H groups in total. The minimum atomic E-state index is -2.28. The van der Waals surface area contributed by atoms with Crippen LogP contribution in [0.4, 0.5) is 0 Å². The molecule has 0 aromatic carbocycles. The van der Waals surface area contributed by atoms with Crippen LogP contribution < -0.4 is 5.48 Å². The first kappa shape index (κ1) is 11.1. The van der Waals surface area contributed by atoms with Crippen molar-refractivity contribution >= 4 is 8.25 Å². The molecular weight excluding hydrogens is 165 g/mol. The van der Waals surface area contributed by atoms with Crippen molar-refractivity contribution in [3.05, 3.63) is 0 Å². The summed E-state index contributed by atoms with van der Waals surface area (Å²) in [5, 5.41) is 0. The van der Waals surface area contributed by atoms with Crippen molar-refractivity contribution < 1.29 is 13.7 Å². The third kappa shape index (κ3) is 8.01. The lowest BCUT2D eigenvalue weighted by atomic mass is 10.3. The minimum absolute atomic E-state index is 0.730. The van der Waals surface area contributed by atoms with Gasteiger partial charge in [0, 0.05) is 13.7 Å². The number of hydrogen-bond donors (Lipinski definition) is 1. The van der Waals surface area contributed by atoms with Gasteiger partial charge in [-0.1, -0.05) is 19.8 Å². The number of rotatable bonds is 7. The SMILES string of the molecule is CCCCCNO[PH](=O)OC. The Labute approximate surface area is 68.2 Å². The van der Waals surface area contributed by atoms with Crippen molar-refractivity contribution in [2.24, 2.45) is 0 Å². The van der Waals surface area contributed by atoms with Crippen molar-refractivity contribution in [1.29, 1.82) is 0 Å². The summed E-state index contributed by atoms with van der Waals surface area (Å²) in [5.74, 6) is 0. The van der Waals surface area contributed by atoms with E-state index in [4.69, 9.17) is 0 Å². The third-order valence-electron chi connectivity index (χ3n) is 1.20. The quantitative estimate of drug-likeness (QED) is 0.369. The molecule has 0 spiro atoms. The molecule has 0 fully saturated rings. The molecule has 0 radical (unpaired) electrons. The van der Waals surface area contributed by atoms with Gasteiger partial charge in [-0.25, -0.2) is 4.62 Å². The van der Waals surface area contributed by atoms with E-state index in [1.165, 1.54) is 13.5 Å². The molecule has 68 valence electrons. The number of hydrogen-bond acceptors (Lipinski definition) is 4. The minimum Gasteiger partial charge on any atom is -0.313 e. The molecule has 0 bridgehead atoms. The highest BCUT2D eigenvalue weighted by molar-refractivity contribution is 7.33. The van der Waals surface area contributed by atoms with Gasteiger partial charge in [0.25, 0.3) is 0 Å². The summed E-state index contributed by atoms with van der Waals surface area (Å²) in [4.78, 5) is 0. The normalized spacial score (nSPS) is 13.3. The predicted octanol–water partition coefficient (Wildman–Crippen LogP) is 1.73. The molecule has 4 nitrogen and oxygen atoms in total. The van der Waals surface area contributed by atoms with Gasteiger partial charge in [-0.15, -0.1) is 0 Å². The third-order valence-corrected chi connectivity index (χ3v) is 1.85. The second-order valence-electron chi connectivity index (χ2n) is 2.16. The Balaban J connectivity index is 2.95. The van der Waals surface area contributed by atoms with E-state index in [2.05, 4.69) is 21.6 Å². The Hall–Kier alpha value is 0.110. The monoisotopic (exact) mass is 181 g/mol. The molecule has 0 amide bonds. The van der Waals surface area contributed by atoms with Crippen LogP contribution in [0.25, 0.3) is 0 Å². The molecule has 5 heteroatoms. The topological polar surface area (TPSA) is 47.6 Å². The van der Waals surface area contributed by atoms with Crippen LogP contribution in [0.5, 0.6) is 0 Å². The van der Waals surface area contributed by atoms with Gasteiger partial charge in [0.05, 0.1) is 0 Å². The first-order valence-corrected chi connectivity index (χ1v) is 5.01. The van der Waals surface area contributed by atoms with E-state index in [9.17, 15) is 4.57 Å². The first-order valence-electron chi connectivity index (χ1n) is 3.79. The van der Waals surface area contributed by atoms with Crippen LogP contribution in [0.2, 0.25) is 0 Å². The molecule has 0 aliphatic heterocycles. The van der Waals surface area contributed by atoms with Crippen molar-refractivity contribution in [3.63, 3.8) is 0 Å². The Morgan fingerprint density at radius 2 is 2.18 bits per heavy atom. The standard InChI is InChI=1S/C6H16NO3P/c1-3-4-5-6-7-10-11(8)9-2/h7,11H,3-6H2,1-2H3. The van der Waals surface area contributed by atoms with E-state index >= 15 is 0 Å². The molecule has 0 saturated heterocycles. The van der Waals surface area contributed by atoms with Crippen LogP contribution in [0.3, 0.4) is 0 Å². The Morgan fingerprint density at radius 3 is 2.73 bits per heavy atom. The number of nitrogens with one attached hydrogen (secondary N) is 1. The average molecular weight is 181 g/mol. The summed E-state index contributed by atoms with van der Waals surface area (Å²) >= 11 is 0. The highest BCUT2D eigenvalue weighted by Gasteiger charge is 1.93. The number of unbranched alkanes of at least 4 members (excludes halogenated alkanes) is 2. The van der Waals surface area contributed by atoms with Crippen LogP contribution in [-0.4, -0.2) is 13.7 Å². The highest BCUT2D eigenvalue weighted by Crippen LogP contribution is 2.18. The maximum Gasteiger partial charge on any atom is 0.335 e.